The number of fused-ring (bicyclic) bond motifs is 3. The van der Waals surface area contributed by atoms with E-state index in [1.165, 1.54) is 0 Å². The molecule has 2 aliphatic rings. The van der Waals surface area contributed by atoms with E-state index in [4.69, 9.17) is 4.74 Å². The highest BCUT2D eigenvalue weighted by molar-refractivity contribution is 5.90. The SMILES string of the molecule is CC1CC2CC(O)(C1)CC(C)N2C(=O)CC(C)c1c[nH]c2cccc(OC(C)C)c12. The van der Waals surface area contributed by atoms with Crippen LogP contribution in [0.25, 0.3) is 10.9 Å². The number of hydrogen-bond acceptors (Lipinski definition) is 3. The molecule has 1 amide bonds. The van der Waals surface area contributed by atoms with Crippen molar-refractivity contribution in [2.75, 3.05) is 0 Å². The first-order chi connectivity index (χ1) is 14.2. The molecule has 1 aliphatic carbocycles. The van der Waals surface area contributed by atoms with Crippen molar-refractivity contribution in [1.29, 1.82) is 0 Å². The fourth-order valence-corrected chi connectivity index (χ4v) is 6.03. The second-order valence-electron chi connectivity index (χ2n) is 10.2. The molecule has 2 bridgehead atoms. The zero-order valence-corrected chi connectivity index (χ0v) is 18.9. The Balaban J connectivity index is 1.55. The average Bonchev–Trinajstić information content (AvgIpc) is 3.04. The number of aliphatic hydroxyl groups is 1. The molecule has 5 heteroatoms. The maximum atomic E-state index is 13.4. The van der Waals surface area contributed by atoms with Crippen molar-refractivity contribution < 1.29 is 14.6 Å². The minimum absolute atomic E-state index is 0.0807. The fraction of sp³-hybridized carbons (Fsp3) is 0.640. The van der Waals surface area contributed by atoms with Crippen molar-refractivity contribution in [2.24, 2.45) is 5.92 Å². The molecule has 5 nitrogen and oxygen atoms in total. The van der Waals surface area contributed by atoms with Crippen LogP contribution in [0.5, 0.6) is 5.75 Å². The monoisotopic (exact) mass is 412 g/mol. The summed E-state index contributed by atoms with van der Waals surface area (Å²) in [6.45, 7) is 10.5. The molecule has 1 aromatic carbocycles. The van der Waals surface area contributed by atoms with Crippen molar-refractivity contribution in [3.8, 4) is 5.75 Å². The predicted molar refractivity (Wildman–Crippen MR) is 120 cm³/mol. The van der Waals surface area contributed by atoms with Gasteiger partial charge in [-0.25, -0.2) is 0 Å². The molecule has 2 aromatic rings. The highest BCUT2D eigenvalue weighted by Crippen LogP contribution is 2.44. The number of rotatable bonds is 5. The first-order valence-electron chi connectivity index (χ1n) is 11.5. The van der Waals surface area contributed by atoms with E-state index in [0.29, 0.717) is 18.8 Å². The Morgan fingerprint density at radius 3 is 2.77 bits per heavy atom. The number of likely N-dealkylation sites (tertiary alicyclic amines) is 1. The topological polar surface area (TPSA) is 65.6 Å². The molecule has 5 unspecified atom stereocenters. The van der Waals surface area contributed by atoms with Crippen LogP contribution in [0.15, 0.2) is 24.4 Å². The van der Waals surface area contributed by atoms with E-state index in [1.807, 2.05) is 32.2 Å². The van der Waals surface area contributed by atoms with Crippen LogP contribution in [0.3, 0.4) is 0 Å². The van der Waals surface area contributed by atoms with Crippen molar-refractivity contribution in [2.45, 2.75) is 96.4 Å². The van der Waals surface area contributed by atoms with E-state index >= 15 is 0 Å². The second kappa shape index (κ2) is 7.92. The summed E-state index contributed by atoms with van der Waals surface area (Å²) in [5, 5.41) is 12.0. The Bertz CT molecular complexity index is 916. The third-order valence-corrected chi connectivity index (χ3v) is 6.92. The van der Waals surface area contributed by atoms with Crippen LogP contribution >= 0.6 is 0 Å². The zero-order valence-electron chi connectivity index (χ0n) is 18.9. The van der Waals surface area contributed by atoms with Gasteiger partial charge in [0, 0.05) is 35.6 Å². The number of carbonyl (C=O) groups excluding carboxylic acids is 1. The Labute approximate surface area is 179 Å². The Morgan fingerprint density at radius 2 is 2.03 bits per heavy atom. The van der Waals surface area contributed by atoms with E-state index in [9.17, 15) is 9.90 Å². The molecule has 2 heterocycles. The molecule has 30 heavy (non-hydrogen) atoms. The van der Waals surface area contributed by atoms with E-state index in [2.05, 4.69) is 36.7 Å². The lowest BCUT2D eigenvalue weighted by Crippen LogP contribution is -2.60. The maximum absolute atomic E-state index is 13.4. The molecule has 1 saturated carbocycles. The largest absolute Gasteiger partial charge is 0.490 e. The Kier molecular flexibility index (Phi) is 5.60. The third-order valence-electron chi connectivity index (χ3n) is 6.92. The Hall–Kier alpha value is -2.01. The van der Waals surface area contributed by atoms with Crippen molar-refractivity contribution >= 4 is 16.8 Å². The van der Waals surface area contributed by atoms with Crippen molar-refractivity contribution in [3.05, 3.63) is 30.0 Å². The molecule has 0 radical (unpaired) electrons. The number of nitrogens with zero attached hydrogens (tertiary/aromatic N) is 1. The number of amides is 1. The fourth-order valence-electron chi connectivity index (χ4n) is 6.03. The maximum Gasteiger partial charge on any atom is 0.223 e. The van der Waals surface area contributed by atoms with Gasteiger partial charge >= 0.3 is 0 Å². The molecule has 1 saturated heterocycles. The summed E-state index contributed by atoms with van der Waals surface area (Å²) in [6.07, 6.45) is 5.85. The van der Waals surface area contributed by atoms with Crippen LogP contribution < -0.4 is 4.74 Å². The van der Waals surface area contributed by atoms with Gasteiger partial charge in [-0.3, -0.25) is 4.79 Å². The van der Waals surface area contributed by atoms with E-state index in [0.717, 1.165) is 41.5 Å². The summed E-state index contributed by atoms with van der Waals surface area (Å²) in [6, 6.07) is 6.30. The van der Waals surface area contributed by atoms with Crippen LogP contribution in [-0.4, -0.2) is 44.7 Å². The van der Waals surface area contributed by atoms with E-state index < -0.39 is 5.60 Å². The van der Waals surface area contributed by atoms with Gasteiger partial charge in [0.1, 0.15) is 5.75 Å². The standard InChI is InChI=1S/C25H36N2O3/c1-15(2)30-22-8-6-7-21-24(22)20(14-26-21)17(4)10-23(28)27-18(5)12-25(29)11-16(3)9-19(27)13-25/h6-8,14-19,26,29H,9-13H2,1-5H3. The summed E-state index contributed by atoms with van der Waals surface area (Å²) in [7, 11) is 0. The van der Waals surface area contributed by atoms with Gasteiger partial charge in [-0.15, -0.1) is 0 Å². The van der Waals surface area contributed by atoms with Crippen molar-refractivity contribution in [1.82, 2.24) is 9.88 Å². The zero-order chi connectivity index (χ0) is 21.6. The summed E-state index contributed by atoms with van der Waals surface area (Å²) in [5.74, 6) is 1.61. The third kappa shape index (κ3) is 3.96. The van der Waals surface area contributed by atoms with Crippen LogP contribution in [0, 0.1) is 5.92 Å². The summed E-state index contributed by atoms with van der Waals surface area (Å²) in [5.41, 5.74) is 1.58. The number of nitrogens with one attached hydrogen (secondary N) is 1. The van der Waals surface area contributed by atoms with E-state index in [1.54, 1.807) is 0 Å². The molecule has 5 atom stereocenters. The normalized spacial score (nSPS) is 30.0. The molecular formula is C25H36N2O3. The Morgan fingerprint density at radius 1 is 1.27 bits per heavy atom. The molecule has 0 spiro atoms. The first-order valence-corrected chi connectivity index (χ1v) is 11.5. The number of carbonyl (C=O) groups is 1. The first kappa shape index (κ1) is 21.2. The van der Waals surface area contributed by atoms with Crippen LogP contribution in [0.2, 0.25) is 0 Å². The van der Waals surface area contributed by atoms with E-state index in [-0.39, 0.29) is 30.0 Å². The van der Waals surface area contributed by atoms with Gasteiger partial charge in [0.15, 0.2) is 0 Å². The lowest BCUT2D eigenvalue weighted by molar-refractivity contribution is -0.154. The van der Waals surface area contributed by atoms with Gasteiger partial charge < -0.3 is 19.7 Å². The number of aromatic amines is 1. The van der Waals surface area contributed by atoms with Crippen molar-refractivity contribution in [3.63, 3.8) is 0 Å². The molecular weight excluding hydrogens is 376 g/mol. The minimum Gasteiger partial charge on any atom is -0.490 e. The molecule has 2 fully saturated rings. The quantitative estimate of drug-likeness (QED) is 0.727. The van der Waals surface area contributed by atoms with Gasteiger partial charge in [0.25, 0.3) is 0 Å². The van der Waals surface area contributed by atoms with Crippen LogP contribution in [0.4, 0.5) is 0 Å². The van der Waals surface area contributed by atoms with Gasteiger partial charge in [-0.05, 0) is 76.0 Å². The number of piperidine rings is 1. The summed E-state index contributed by atoms with van der Waals surface area (Å²) >= 11 is 0. The lowest BCUT2D eigenvalue weighted by Gasteiger charge is -2.53. The predicted octanol–water partition coefficient (Wildman–Crippen LogP) is 4.99. The highest BCUT2D eigenvalue weighted by Gasteiger charge is 2.48. The van der Waals surface area contributed by atoms with Gasteiger partial charge in [0.2, 0.25) is 5.91 Å². The molecule has 1 aliphatic heterocycles. The highest BCUT2D eigenvalue weighted by atomic mass is 16.5. The smallest absolute Gasteiger partial charge is 0.223 e. The number of H-pyrrole nitrogens is 1. The van der Waals surface area contributed by atoms with Crippen LogP contribution in [0.1, 0.15) is 78.2 Å². The summed E-state index contributed by atoms with van der Waals surface area (Å²) < 4.78 is 6.05. The minimum atomic E-state index is -0.593. The number of hydrogen-bond donors (Lipinski definition) is 2. The summed E-state index contributed by atoms with van der Waals surface area (Å²) in [4.78, 5) is 18.9. The molecule has 2 N–H and O–H groups in total. The van der Waals surface area contributed by atoms with Gasteiger partial charge in [-0.1, -0.05) is 19.9 Å². The number of benzene rings is 1. The lowest BCUT2D eigenvalue weighted by atomic mass is 9.69. The number of ether oxygens (including phenoxy) is 1. The molecule has 1 aromatic heterocycles. The second-order valence-corrected chi connectivity index (χ2v) is 10.2. The average molecular weight is 413 g/mol. The number of aromatic nitrogens is 1. The van der Waals surface area contributed by atoms with Gasteiger partial charge in [-0.2, -0.15) is 0 Å². The molecule has 164 valence electrons. The molecule has 4 rings (SSSR count). The van der Waals surface area contributed by atoms with Crippen LogP contribution in [-0.2, 0) is 4.79 Å². The van der Waals surface area contributed by atoms with Gasteiger partial charge in [0.05, 0.1) is 11.7 Å².